The third-order valence-corrected chi connectivity index (χ3v) is 3.32. The second-order valence-electron chi connectivity index (χ2n) is 3.18. The van der Waals surface area contributed by atoms with E-state index < -0.39 is 0 Å². The Kier molecular flexibility index (Phi) is 3.03. The van der Waals surface area contributed by atoms with Gasteiger partial charge in [-0.05, 0) is 18.3 Å². The molecular weight excluding hydrogens is 176 g/mol. The van der Waals surface area contributed by atoms with E-state index in [2.05, 4.69) is 22.9 Å². The van der Waals surface area contributed by atoms with Gasteiger partial charge in [-0.25, -0.2) is 0 Å². The van der Waals surface area contributed by atoms with Crippen LogP contribution < -0.4 is 0 Å². The lowest BCUT2D eigenvalue weighted by atomic mass is 9.82. The normalized spacial score (nSPS) is 36.7. The molecule has 1 aliphatic carbocycles. The van der Waals surface area contributed by atoms with E-state index in [0.717, 1.165) is 11.8 Å². The van der Waals surface area contributed by atoms with Crippen molar-refractivity contribution in [2.45, 2.75) is 32.6 Å². The predicted molar refractivity (Wildman–Crippen MR) is 44.9 cm³/mol. The molecule has 0 unspecified atom stereocenters. The minimum atomic E-state index is 0.970. The quantitative estimate of drug-likeness (QED) is 0.558. The lowest BCUT2D eigenvalue weighted by molar-refractivity contribution is 0.283. The molecule has 1 fully saturated rings. The molecule has 54 valence electrons. The third-order valence-electron chi connectivity index (χ3n) is 2.49. The van der Waals surface area contributed by atoms with Crippen LogP contribution in [-0.4, -0.2) is 5.33 Å². The van der Waals surface area contributed by atoms with Gasteiger partial charge in [-0.1, -0.05) is 42.1 Å². The molecule has 0 aromatic carbocycles. The van der Waals surface area contributed by atoms with Crippen LogP contribution in [-0.2, 0) is 0 Å². The van der Waals surface area contributed by atoms with E-state index in [0.29, 0.717) is 0 Å². The zero-order valence-corrected chi connectivity index (χ0v) is 7.65. The lowest BCUT2D eigenvalue weighted by Crippen LogP contribution is -2.17. The summed E-state index contributed by atoms with van der Waals surface area (Å²) in [5.41, 5.74) is 0. The van der Waals surface area contributed by atoms with Crippen molar-refractivity contribution in [2.75, 3.05) is 5.33 Å². The first-order valence-electron chi connectivity index (χ1n) is 3.90. The summed E-state index contributed by atoms with van der Waals surface area (Å²) in [6.45, 7) is 2.38. The van der Waals surface area contributed by atoms with E-state index >= 15 is 0 Å². The van der Waals surface area contributed by atoms with Crippen molar-refractivity contribution in [1.29, 1.82) is 0 Å². The summed E-state index contributed by atoms with van der Waals surface area (Å²) >= 11 is 3.55. The minimum Gasteiger partial charge on any atom is -0.0925 e. The van der Waals surface area contributed by atoms with Crippen LogP contribution in [0.3, 0.4) is 0 Å². The van der Waals surface area contributed by atoms with Gasteiger partial charge in [0.1, 0.15) is 0 Å². The molecule has 0 aliphatic heterocycles. The van der Waals surface area contributed by atoms with Gasteiger partial charge in [-0.2, -0.15) is 0 Å². The summed E-state index contributed by atoms with van der Waals surface area (Å²) in [4.78, 5) is 0. The highest BCUT2D eigenvalue weighted by molar-refractivity contribution is 9.09. The number of rotatable bonds is 1. The van der Waals surface area contributed by atoms with Crippen molar-refractivity contribution in [3.8, 4) is 0 Å². The molecule has 9 heavy (non-hydrogen) atoms. The maximum absolute atomic E-state index is 3.55. The molecule has 0 aromatic rings. The van der Waals surface area contributed by atoms with Crippen molar-refractivity contribution in [1.82, 2.24) is 0 Å². The fourth-order valence-corrected chi connectivity index (χ4v) is 2.58. The average molecular weight is 191 g/mol. The number of hydrogen-bond donors (Lipinski definition) is 0. The number of hydrogen-bond acceptors (Lipinski definition) is 0. The Morgan fingerprint density at radius 1 is 1.33 bits per heavy atom. The van der Waals surface area contributed by atoms with Crippen LogP contribution in [0.4, 0.5) is 0 Å². The molecule has 0 amide bonds. The van der Waals surface area contributed by atoms with Gasteiger partial charge in [-0.15, -0.1) is 0 Å². The molecule has 0 aromatic heterocycles. The van der Waals surface area contributed by atoms with Crippen LogP contribution >= 0.6 is 15.9 Å². The monoisotopic (exact) mass is 190 g/mol. The summed E-state index contributed by atoms with van der Waals surface area (Å²) in [7, 11) is 0. The maximum atomic E-state index is 3.55. The van der Waals surface area contributed by atoms with Crippen molar-refractivity contribution < 1.29 is 0 Å². The Balaban J connectivity index is 2.30. The van der Waals surface area contributed by atoms with E-state index in [4.69, 9.17) is 0 Å². The molecule has 0 nitrogen and oxygen atoms in total. The van der Waals surface area contributed by atoms with Gasteiger partial charge in [0.25, 0.3) is 0 Å². The van der Waals surface area contributed by atoms with Crippen molar-refractivity contribution in [2.24, 2.45) is 11.8 Å². The smallest absolute Gasteiger partial charge is 0.00622 e. The molecule has 1 saturated carbocycles. The minimum absolute atomic E-state index is 0.970. The zero-order valence-electron chi connectivity index (χ0n) is 6.07. The summed E-state index contributed by atoms with van der Waals surface area (Å²) in [6.07, 6.45) is 5.83. The van der Waals surface area contributed by atoms with Gasteiger partial charge in [0.05, 0.1) is 0 Å². The first kappa shape index (κ1) is 7.59. The van der Waals surface area contributed by atoms with Crippen LogP contribution in [0.15, 0.2) is 0 Å². The highest BCUT2D eigenvalue weighted by Gasteiger charge is 2.19. The van der Waals surface area contributed by atoms with Crippen molar-refractivity contribution in [3.05, 3.63) is 0 Å². The molecular formula is C8H15Br. The molecule has 0 spiro atoms. The Morgan fingerprint density at radius 2 is 2.00 bits per heavy atom. The second kappa shape index (κ2) is 3.60. The third kappa shape index (κ3) is 1.96. The van der Waals surface area contributed by atoms with Crippen LogP contribution in [0, 0.1) is 11.8 Å². The second-order valence-corrected chi connectivity index (χ2v) is 3.82. The summed E-state index contributed by atoms with van der Waals surface area (Å²) in [5, 5.41) is 1.22. The van der Waals surface area contributed by atoms with E-state index in [-0.39, 0.29) is 0 Å². The van der Waals surface area contributed by atoms with Crippen LogP contribution in [0.1, 0.15) is 32.6 Å². The van der Waals surface area contributed by atoms with Gasteiger partial charge in [0.2, 0.25) is 0 Å². The fraction of sp³-hybridized carbons (Fsp3) is 1.00. The topological polar surface area (TPSA) is 0 Å². The first-order chi connectivity index (χ1) is 4.34. The van der Waals surface area contributed by atoms with Gasteiger partial charge in [0, 0.05) is 5.33 Å². The van der Waals surface area contributed by atoms with Crippen molar-refractivity contribution in [3.63, 3.8) is 0 Å². The van der Waals surface area contributed by atoms with E-state index in [9.17, 15) is 0 Å². The summed E-state index contributed by atoms with van der Waals surface area (Å²) in [5.74, 6) is 1.94. The predicted octanol–water partition coefficient (Wildman–Crippen LogP) is 3.21. The average Bonchev–Trinajstić information content (AvgIpc) is 1.89. The Bertz CT molecular complexity index is 80.6. The standard InChI is InChI=1S/C8H15Br/c1-7-4-2-3-5-8(7)6-9/h7-8H,2-6H2,1H3/t7-,8-/m1/s1. The molecule has 0 N–H and O–H groups in total. The Hall–Kier alpha value is 0.480. The molecule has 0 heterocycles. The molecule has 1 rings (SSSR count). The summed E-state index contributed by atoms with van der Waals surface area (Å²) < 4.78 is 0. The lowest BCUT2D eigenvalue weighted by Gasteiger charge is -2.26. The van der Waals surface area contributed by atoms with Crippen LogP contribution in [0.5, 0.6) is 0 Å². The zero-order chi connectivity index (χ0) is 6.69. The number of alkyl halides is 1. The van der Waals surface area contributed by atoms with Gasteiger partial charge in [-0.3, -0.25) is 0 Å². The molecule has 0 bridgehead atoms. The highest BCUT2D eigenvalue weighted by Crippen LogP contribution is 2.30. The molecule has 2 atom stereocenters. The Morgan fingerprint density at radius 3 is 2.44 bits per heavy atom. The number of halogens is 1. The molecule has 1 aliphatic rings. The SMILES string of the molecule is C[C@@H]1CCCC[C@@H]1CBr. The van der Waals surface area contributed by atoms with E-state index in [1.807, 2.05) is 0 Å². The summed E-state index contributed by atoms with van der Waals surface area (Å²) in [6, 6.07) is 0. The fourth-order valence-electron chi connectivity index (χ4n) is 1.62. The largest absolute Gasteiger partial charge is 0.0925 e. The molecule has 0 radical (unpaired) electrons. The first-order valence-corrected chi connectivity index (χ1v) is 5.02. The maximum Gasteiger partial charge on any atom is 0.00622 e. The van der Waals surface area contributed by atoms with E-state index in [1.165, 1.54) is 31.0 Å². The van der Waals surface area contributed by atoms with Crippen molar-refractivity contribution >= 4 is 15.9 Å². The van der Waals surface area contributed by atoms with Crippen LogP contribution in [0.2, 0.25) is 0 Å². The van der Waals surface area contributed by atoms with Crippen LogP contribution in [0.25, 0.3) is 0 Å². The van der Waals surface area contributed by atoms with Gasteiger partial charge in [0.15, 0.2) is 0 Å². The Labute approximate surface area is 66.2 Å². The molecule has 0 saturated heterocycles. The van der Waals surface area contributed by atoms with E-state index in [1.54, 1.807) is 0 Å². The van der Waals surface area contributed by atoms with Gasteiger partial charge >= 0.3 is 0 Å². The molecule has 1 heteroatoms. The van der Waals surface area contributed by atoms with Gasteiger partial charge < -0.3 is 0 Å². The highest BCUT2D eigenvalue weighted by atomic mass is 79.9.